The number of rotatable bonds is 6. The van der Waals surface area contributed by atoms with Gasteiger partial charge in [-0.2, -0.15) is 0 Å². The molecule has 2 fully saturated rings. The van der Waals surface area contributed by atoms with E-state index in [9.17, 15) is 0 Å². The second kappa shape index (κ2) is 9.87. The Morgan fingerprint density at radius 3 is 2.49 bits per heavy atom. The molecule has 180 valence electrons. The van der Waals surface area contributed by atoms with Crippen molar-refractivity contribution in [2.75, 3.05) is 13.1 Å². The van der Waals surface area contributed by atoms with Gasteiger partial charge in [0.2, 0.25) is 5.88 Å². The second-order valence-electron chi connectivity index (χ2n) is 10.3. The normalized spacial score (nSPS) is 19.8. The maximum atomic E-state index is 6.65. The number of pyridine rings is 1. The SMILES string of the molecule is C(=Cc1ccc2c(c1)CCC1(CCN(C3CCC3)CC1)O2)c1ccc(OCc2ccccc2)nc1. The Bertz CT molecular complexity index is 1160. The molecule has 1 aromatic heterocycles. The number of fused-ring (bicyclic) bond motifs is 1. The first-order valence-corrected chi connectivity index (χ1v) is 13.1. The Hall–Kier alpha value is -3.11. The molecule has 4 heteroatoms. The highest BCUT2D eigenvalue weighted by Crippen LogP contribution is 2.41. The van der Waals surface area contributed by atoms with Gasteiger partial charge in [-0.05, 0) is 79.0 Å². The summed E-state index contributed by atoms with van der Waals surface area (Å²) in [5.41, 5.74) is 4.79. The highest BCUT2D eigenvalue weighted by atomic mass is 16.5. The van der Waals surface area contributed by atoms with Crippen LogP contribution in [0.2, 0.25) is 0 Å². The van der Waals surface area contributed by atoms with Crippen LogP contribution in [0.25, 0.3) is 12.2 Å². The molecule has 6 rings (SSSR count). The zero-order valence-electron chi connectivity index (χ0n) is 20.4. The predicted octanol–water partition coefficient (Wildman–Crippen LogP) is 6.54. The lowest BCUT2D eigenvalue weighted by atomic mass is 9.81. The van der Waals surface area contributed by atoms with Gasteiger partial charge in [-0.25, -0.2) is 4.98 Å². The van der Waals surface area contributed by atoms with E-state index in [1.165, 1.54) is 56.3 Å². The standard InChI is InChI=1S/C31H34N2O2/c1-2-5-26(6-3-1)23-34-30-14-12-25(22-32-30)10-9-24-11-13-29-27(21-24)15-16-31(35-29)17-19-33(20-18-31)28-7-4-8-28/h1-3,5-6,9-14,21-22,28H,4,7-8,15-20,23H2. The molecule has 3 aromatic rings. The minimum absolute atomic E-state index is 0.0562. The van der Waals surface area contributed by atoms with E-state index < -0.39 is 0 Å². The summed E-state index contributed by atoms with van der Waals surface area (Å²) in [6.45, 7) is 2.93. The average molecular weight is 467 g/mol. The third kappa shape index (κ3) is 5.13. The van der Waals surface area contributed by atoms with Gasteiger partial charge in [-0.1, -0.05) is 55.0 Å². The van der Waals surface area contributed by atoms with Crippen molar-refractivity contribution in [3.05, 3.63) is 89.1 Å². The highest BCUT2D eigenvalue weighted by molar-refractivity contribution is 5.70. The van der Waals surface area contributed by atoms with Crippen molar-refractivity contribution in [3.8, 4) is 11.6 Å². The Morgan fingerprint density at radius 1 is 0.943 bits per heavy atom. The van der Waals surface area contributed by atoms with Gasteiger partial charge in [0.05, 0.1) is 0 Å². The number of piperidine rings is 1. The zero-order chi connectivity index (χ0) is 23.5. The lowest BCUT2D eigenvalue weighted by Crippen LogP contribution is -2.53. The Labute approximate surface area is 208 Å². The molecule has 3 aliphatic rings. The van der Waals surface area contributed by atoms with E-state index in [-0.39, 0.29) is 5.60 Å². The molecule has 0 N–H and O–H groups in total. The van der Waals surface area contributed by atoms with E-state index >= 15 is 0 Å². The van der Waals surface area contributed by atoms with Crippen molar-refractivity contribution in [2.45, 2.75) is 63.2 Å². The minimum Gasteiger partial charge on any atom is -0.487 e. The molecule has 3 heterocycles. The molecule has 1 aliphatic carbocycles. The minimum atomic E-state index is 0.0562. The maximum absolute atomic E-state index is 6.65. The largest absolute Gasteiger partial charge is 0.487 e. The summed E-state index contributed by atoms with van der Waals surface area (Å²) in [5.74, 6) is 1.73. The first-order valence-electron chi connectivity index (χ1n) is 13.1. The summed E-state index contributed by atoms with van der Waals surface area (Å²) in [6.07, 6.45) is 14.9. The van der Waals surface area contributed by atoms with Crippen LogP contribution < -0.4 is 9.47 Å². The van der Waals surface area contributed by atoms with Gasteiger partial charge in [-0.15, -0.1) is 0 Å². The number of nitrogens with zero attached hydrogens (tertiary/aromatic N) is 2. The fourth-order valence-electron chi connectivity index (χ4n) is 5.54. The van der Waals surface area contributed by atoms with E-state index in [2.05, 4.69) is 52.4 Å². The summed E-state index contributed by atoms with van der Waals surface area (Å²) < 4.78 is 12.4. The molecule has 2 aromatic carbocycles. The molecular weight excluding hydrogens is 432 g/mol. The van der Waals surface area contributed by atoms with Gasteiger partial charge in [0.25, 0.3) is 0 Å². The molecule has 2 aliphatic heterocycles. The van der Waals surface area contributed by atoms with Crippen molar-refractivity contribution < 1.29 is 9.47 Å². The number of ether oxygens (including phenoxy) is 2. The predicted molar refractivity (Wildman–Crippen MR) is 141 cm³/mol. The van der Waals surface area contributed by atoms with Crippen LogP contribution in [0.5, 0.6) is 11.6 Å². The first kappa shape index (κ1) is 22.4. The molecule has 1 saturated carbocycles. The van der Waals surface area contributed by atoms with Crippen LogP contribution in [0.15, 0.2) is 66.9 Å². The smallest absolute Gasteiger partial charge is 0.213 e. The molecule has 0 radical (unpaired) electrons. The molecular formula is C31H34N2O2. The van der Waals surface area contributed by atoms with E-state index in [4.69, 9.17) is 9.47 Å². The number of aromatic nitrogens is 1. The van der Waals surface area contributed by atoms with Gasteiger partial charge in [0.1, 0.15) is 18.0 Å². The second-order valence-corrected chi connectivity index (χ2v) is 10.3. The lowest BCUT2D eigenvalue weighted by Gasteiger charge is -2.48. The summed E-state index contributed by atoms with van der Waals surface area (Å²) >= 11 is 0. The molecule has 1 spiro atoms. The molecule has 35 heavy (non-hydrogen) atoms. The fourth-order valence-corrected chi connectivity index (χ4v) is 5.54. The Kier molecular flexibility index (Phi) is 6.30. The first-order chi connectivity index (χ1) is 17.2. The van der Waals surface area contributed by atoms with Gasteiger partial charge in [0, 0.05) is 31.4 Å². The average Bonchev–Trinajstić information content (AvgIpc) is 2.88. The number of aryl methyl sites for hydroxylation is 1. The molecule has 0 atom stereocenters. The molecule has 0 bridgehead atoms. The lowest BCUT2D eigenvalue weighted by molar-refractivity contribution is -0.0337. The van der Waals surface area contributed by atoms with Crippen LogP contribution in [0, 0.1) is 0 Å². The van der Waals surface area contributed by atoms with Crippen LogP contribution >= 0.6 is 0 Å². The fraction of sp³-hybridized carbons (Fsp3) is 0.387. The van der Waals surface area contributed by atoms with Crippen LogP contribution in [-0.2, 0) is 13.0 Å². The monoisotopic (exact) mass is 466 g/mol. The Morgan fingerprint density at radius 2 is 1.74 bits per heavy atom. The highest BCUT2D eigenvalue weighted by Gasteiger charge is 2.41. The summed E-state index contributed by atoms with van der Waals surface area (Å²) in [5, 5.41) is 0. The molecule has 0 unspecified atom stereocenters. The van der Waals surface area contributed by atoms with Crippen LogP contribution in [0.4, 0.5) is 0 Å². The van der Waals surface area contributed by atoms with Gasteiger partial charge in [0.15, 0.2) is 0 Å². The van der Waals surface area contributed by atoms with E-state index in [1.807, 2.05) is 36.5 Å². The van der Waals surface area contributed by atoms with Crippen molar-refractivity contribution in [1.82, 2.24) is 9.88 Å². The van der Waals surface area contributed by atoms with Crippen LogP contribution in [-0.4, -0.2) is 34.6 Å². The van der Waals surface area contributed by atoms with Crippen molar-refractivity contribution in [3.63, 3.8) is 0 Å². The zero-order valence-corrected chi connectivity index (χ0v) is 20.4. The van der Waals surface area contributed by atoms with Gasteiger partial charge in [-0.3, -0.25) is 0 Å². The van der Waals surface area contributed by atoms with Gasteiger partial charge >= 0.3 is 0 Å². The number of benzene rings is 2. The van der Waals surface area contributed by atoms with Gasteiger partial charge < -0.3 is 14.4 Å². The third-order valence-electron chi connectivity index (χ3n) is 8.02. The Balaban J connectivity index is 1.05. The van der Waals surface area contributed by atoms with E-state index in [0.717, 1.165) is 35.8 Å². The van der Waals surface area contributed by atoms with Crippen LogP contribution in [0.3, 0.4) is 0 Å². The quantitative estimate of drug-likeness (QED) is 0.413. The van der Waals surface area contributed by atoms with Crippen molar-refractivity contribution in [1.29, 1.82) is 0 Å². The maximum Gasteiger partial charge on any atom is 0.213 e. The number of likely N-dealkylation sites (tertiary alicyclic amines) is 1. The molecule has 4 nitrogen and oxygen atoms in total. The molecule has 0 amide bonds. The number of hydrogen-bond donors (Lipinski definition) is 0. The van der Waals surface area contributed by atoms with E-state index in [1.54, 1.807) is 0 Å². The summed E-state index contributed by atoms with van der Waals surface area (Å²) in [4.78, 5) is 7.16. The number of hydrogen-bond acceptors (Lipinski definition) is 4. The third-order valence-corrected chi connectivity index (χ3v) is 8.02. The van der Waals surface area contributed by atoms with Crippen molar-refractivity contribution >= 4 is 12.2 Å². The topological polar surface area (TPSA) is 34.6 Å². The van der Waals surface area contributed by atoms with Crippen LogP contribution in [0.1, 0.15) is 60.8 Å². The summed E-state index contributed by atoms with van der Waals surface area (Å²) in [7, 11) is 0. The van der Waals surface area contributed by atoms with E-state index in [0.29, 0.717) is 12.5 Å². The van der Waals surface area contributed by atoms with Crippen molar-refractivity contribution in [2.24, 2.45) is 0 Å². The summed E-state index contributed by atoms with van der Waals surface area (Å²) in [6, 6.07) is 21.6. The molecule has 1 saturated heterocycles.